The molecule has 0 amide bonds. The lowest BCUT2D eigenvalue weighted by Gasteiger charge is -2.31. The number of fused-ring (bicyclic) bond motifs is 1. The van der Waals surface area contributed by atoms with Crippen molar-refractivity contribution in [2.45, 2.75) is 38.9 Å². The third-order valence-corrected chi connectivity index (χ3v) is 5.97. The van der Waals surface area contributed by atoms with Crippen LogP contribution in [0, 0.1) is 23.3 Å². The van der Waals surface area contributed by atoms with E-state index in [0.717, 1.165) is 24.0 Å². The van der Waals surface area contributed by atoms with E-state index < -0.39 is 11.2 Å². The maximum absolute atomic E-state index is 13.7. The van der Waals surface area contributed by atoms with Crippen LogP contribution in [-0.4, -0.2) is 43.5 Å². The number of nitrogens with zero attached hydrogens (tertiary/aromatic N) is 7. The van der Waals surface area contributed by atoms with Crippen molar-refractivity contribution in [3.8, 4) is 18.0 Å². The van der Waals surface area contributed by atoms with Crippen molar-refractivity contribution in [1.82, 2.24) is 18.7 Å². The largest absolute Gasteiger partial charge is 0.341 e. The maximum atomic E-state index is 13.7. The predicted octanol–water partition coefficient (Wildman–Crippen LogP) is 0.818. The fraction of sp³-hybridized carbons (Fsp3) is 0.375. The first-order valence-corrected chi connectivity index (χ1v) is 11.1. The number of benzene rings is 1. The van der Waals surface area contributed by atoms with Crippen molar-refractivity contribution in [1.29, 1.82) is 5.26 Å². The minimum atomic E-state index is -0.535. The zero-order valence-electron chi connectivity index (χ0n) is 19.2. The molecule has 1 unspecified atom stereocenters. The first kappa shape index (κ1) is 23.0. The molecule has 0 spiro atoms. The number of piperidine rings is 1. The van der Waals surface area contributed by atoms with Crippen LogP contribution in [0.2, 0.25) is 0 Å². The van der Waals surface area contributed by atoms with E-state index in [1.807, 2.05) is 11.0 Å². The van der Waals surface area contributed by atoms with Crippen LogP contribution in [0.4, 0.5) is 5.95 Å². The number of nitrogens with two attached hydrogens (primary N) is 1. The number of anilines is 1. The van der Waals surface area contributed by atoms with Crippen molar-refractivity contribution in [3.05, 3.63) is 56.7 Å². The van der Waals surface area contributed by atoms with E-state index in [0.29, 0.717) is 23.8 Å². The Morgan fingerprint density at radius 2 is 2.03 bits per heavy atom. The molecule has 1 atom stereocenters. The molecular weight excluding hydrogens is 432 g/mol. The highest BCUT2D eigenvalue weighted by atomic mass is 16.2. The van der Waals surface area contributed by atoms with Crippen LogP contribution in [0.25, 0.3) is 11.2 Å². The molecule has 2 N–H and O–H groups in total. The van der Waals surface area contributed by atoms with Crippen LogP contribution >= 0.6 is 0 Å². The molecule has 0 radical (unpaired) electrons. The van der Waals surface area contributed by atoms with Crippen LogP contribution in [0.15, 0.2) is 44.9 Å². The molecule has 3 heterocycles. The highest BCUT2D eigenvalue weighted by molar-refractivity contribution is 6.01. The lowest BCUT2D eigenvalue weighted by molar-refractivity contribution is 0.496. The summed E-state index contributed by atoms with van der Waals surface area (Å²) in [5.74, 6) is 6.46. The monoisotopic (exact) mass is 458 g/mol. The van der Waals surface area contributed by atoms with Gasteiger partial charge in [-0.3, -0.25) is 18.5 Å². The summed E-state index contributed by atoms with van der Waals surface area (Å²) in [5, 5.41) is 9.20. The normalized spacial score (nSPS) is 16.2. The van der Waals surface area contributed by atoms with Crippen molar-refractivity contribution in [2.24, 2.45) is 17.8 Å². The van der Waals surface area contributed by atoms with Gasteiger partial charge in [0.15, 0.2) is 11.2 Å². The summed E-state index contributed by atoms with van der Waals surface area (Å²) in [4.78, 5) is 37.5. The highest BCUT2D eigenvalue weighted by Crippen LogP contribution is 2.22. The molecule has 0 saturated carbocycles. The smallest absolute Gasteiger partial charge is 0.332 e. The highest BCUT2D eigenvalue weighted by Gasteiger charge is 2.26. The lowest BCUT2D eigenvalue weighted by Crippen LogP contribution is -2.44. The number of rotatable bonds is 5. The van der Waals surface area contributed by atoms with Gasteiger partial charge in [-0.25, -0.2) is 4.79 Å². The predicted molar refractivity (Wildman–Crippen MR) is 131 cm³/mol. The second kappa shape index (κ2) is 9.77. The Labute approximate surface area is 196 Å². The van der Waals surface area contributed by atoms with E-state index in [4.69, 9.17) is 10.7 Å². The second-order valence-electron chi connectivity index (χ2n) is 8.20. The molecule has 1 saturated heterocycles. The molecule has 0 bridgehead atoms. The summed E-state index contributed by atoms with van der Waals surface area (Å²) in [6, 6.07) is 9.02. The average Bonchev–Trinajstić information content (AvgIpc) is 3.23. The van der Waals surface area contributed by atoms with Gasteiger partial charge in [-0.1, -0.05) is 36.3 Å². The minimum absolute atomic E-state index is 0.00960. The molecule has 0 aliphatic carbocycles. The molecule has 4 rings (SSSR count). The molecule has 10 heteroatoms. The summed E-state index contributed by atoms with van der Waals surface area (Å²) in [6.45, 7) is 3.20. The number of aromatic nitrogens is 4. The molecule has 3 aromatic rings. The first-order valence-electron chi connectivity index (χ1n) is 11.1. The minimum Gasteiger partial charge on any atom is -0.341 e. The molecule has 1 fully saturated rings. The quantitative estimate of drug-likeness (QED) is 0.343. The van der Waals surface area contributed by atoms with Gasteiger partial charge in [0.1, 0.15) is 0 Å². The fourth-order valence-corrected chi connectivity index (χ4v) is 4.27. The number of aryl methyl sites for hydroxylation is 1. The Morgan fingerprint density at radius 3 is 2.71 bits per heavy atom. The summed E-state index contributed by atoms with van der Waals surface area (Å²) < 4.78 is 4.20. The topological polar surface area (TPSA) is 127 Å². The third-order valence-electron chi connectivity index (χ3n) is 5.97. The van der Waals surface area contributed by atoms with Gasteiger partial charge < -0.3 is 10.6 Å². The average molecular weight is 459 g/mol. The molecule has 1 aromatic carbocycles. The van der Waals surface area contributed by atoms with Gasteiger partial charge in [0.05, 0.1) is 18.8 Å². The van der Waals surface area contributed by atoms with Gasteiger partial charge in [-0.2, -0.15) is 15.2 Å². The number of nitriles is 1. The van der Waals surface area contributed by atoms with Crippen LogP contribution < -0.4 is 21.9 Å². The summed E-state index contributed by atoms with van der Waals surface area (Å²) >= 11 is 0. The first-order chi connectivity index (χ1) is 16.5. The zero-order valence-corrected chi connectivity index (χ0v) is 19.2. The van der Waals surface area contributed by atoms with Gasteiger partial charge in [0.2, 0.25) is 12.1 Å². The van der Waals surface area contributed by atoms with Gasteiger partial charge in [-0.05, 0) is 25.3 Å². The van der Waals surface area contributed by atoms with Crippen LogP contribution in [0.3, 0.4) is 0 Å². The van der Waals surface area contributed by atoms with Gasteiger partial charge in [0, 0.05) is 26.2 Å². The van der Waals surface area contributed by atoms with Crippen molar-refractivity contribution in [3.63, 3.8) is 0 Å². The summed E-state index contributed by atoms with van der Waals surface area (Å²) in [7, 11) is 1.58. The molecule has 1 aliphatic heterocycles. The number of aliphatic imine (C=N–C) groups is 1. The lowest BCUT2D eigenvalue weighted by atomic mass is 10.1. The van der Waals surface area contributed by atoms with E-state index in [1.165, 1.54) is 4.57 Å². The molecule has 174 valence electrons. The van der Waals surface area contributed by atoms with Gasteiger partial charge >= 0.3 is 5.69 Å². The van der Waals surface area contributed by atoms with Crippen molar-refractivity contribution >= 4 is 22.8 Å². The van der Waals surface area contributed by atoms with Gasteiger partial charge in [0.25, 0.3) is 5.56 Å². The number of hydrogen-bond acceptors (Lipinski definition) is 7. The Kier molecular flexibility index (Phi) is 6.62. The summed E-state index contributed by atoms with van der Waals surface area (Å²) in [6.07, 6.45) is 3.62. The number of imidazole rings is 1. The second-order valence-corrected chi connectivity index (χ2v) is 8.20. The molecule has 2 aromatic heterocycles. The Bertz CT molecular complexity index is 1460. The molecular formula is C24H26N8O2. The van der Waals surface area contributed by atoms with Crippen LogP contribution in [0.1, 0.15) is 25.3 Å². The van der Waals surface area contributed by atoms with Crippen LogP contribution in [-0.2, 0) is 20.1 Å². The van der Waals surface area contributed by atoms with E-state index in [-0.39, 0.29) is 30.3 Å². The SMILES string of the molecule is CC#CCn1c(N2CCCC(N)C2)nc2c1c(=O)n(CC(=NC#N)c1ccccc1)c(=O)n2C. The molecule has 1 aliphatic rings. The fourth-order valence-electron chi connectivity index (χ4n) is 4.27. The van der Waals surface area contributed by atoms with Crippen LogP contribution in [0.5, 0.6) is 0 Å². The molecule has 34 heavy (non-hydrogen) atoms. The van der Waals surface area contributed by atoms with E-state index in [1.54, 1.807) is 49.0 Å². The van der Waals surface area contributed by atoms with Crippen molar-refractivity contribution in [2.75, 3.05) is 18.0 Å². The van der Waals surface area contributed by atoms with Gasteiger partial charge in [-0.15, -0.1) is 5.92 Å². The maximum Gasteiger partial charge on any atom is 0.332 e. The van der Waals surface area contributed by atoms with E-state index in [9.17, 15) is 14.9 Å². The molecule has 10 nitrogen and oxygen atoms in total. The Morgan fingerprint density at radius 1 is 1.26 bits per heavy atom. The van der Waals surface area contributed by atoms with E-state index in [2.05, 4.69) is 16.8 Å². The standard InChI is InChI=1S/C24H26N8O2/c1-3-4-13-31-20-21(28-23(31)30-12-8-11-18(26)14-30)29(2)24(34)32(22(20)33)15-19(27-16-25)17-9-6-5-7-10-17/h5-7,9-10,18H,8,11-15,26H2,1-2H3. The summed E-state index contributed by atoms with van der Waals surface area (Å²) in [5.41, 5.74) is 6.70. The Balaban J connectivity index is 1.92. The Hall–Kier alpha value is -4.15. The third kappa shape index (κ3) is 4.24. The van der Waals surface area contributed by atoms with Crippen molar-refractivity contribution < 1.29 is 0 Å². The van der Waals surface area contributed by atoms with E-state index >= 15 is 0 Å². The number of hydrogen-bond donors (Lipinski definition) is 1. The zero-order chi connectivity index (χ0) is 24.2.